The highest BCUT2D eigenvalue weighted by Gasteiger charge is 2.38. The molecule has 0 aliphatic carbocycles. The lowest BCUT2D eigenvalue weighted by atomic mass is 10.2. The van der Waals surface area contributed by atoms with E-state index in [1.165, 1.54) is 4.90 Å². The quantitative estimate of drug-likeness (QED) is 0.790. The number of carbonyl (C=O) groups excluding carboxylic acids is 1. The predicted octanol–water partition coefficient (Wildman–Crippen LogP) is 3.24. The van der Waals surface area contributed by atoms with Crippen molar-refractivity contribution in [3.63, 3.8) is 0 Å². The van der Waals surface area contributed by atoms with Gasteiger partial charge < -0.3 is 19.2 Å². The summed E-state index contributed by atoms with van der Waals surface area (Å²) >= 11 is 0. The van der Waals surface area contributed by atoms with Crippen LogP contribution in [0.25, 0.3) is 0 Å². The second-order valence-corrected chi connectivity index (χ2v) is 12.8. The van der Waals surface area contributed by atoms with E-state index in [-0.39, 0.29) is 11.6 Å². The van der Waals surface area contributed by atoms with E-state index in [1.807, 2.05) is 20.8 Å². The third kappa shape index (κ3) is 6.80. The Kier molecular flexibility index (Phi) is 6.91. The molecule has 0 saturated carbocycles. The van der Waals surface area contributed by atoms with Gasteiger partial charge in [0.05, 0.1) is 19.3 Å². The fraction of sp³-hybridized carbons (Fsp3) is 0.933. The molecule has 0 aliphatic heterocycles. The Balaban J connectivity index is 4.69. The van der Waals surface area contributed by atoms with Crippen LogP contribution in [0, 0.1) is 0 Å². The van der Waals surface area contributed by atoms with Crippen molar-refractivity contribution in [1.82, 2.24) is 4.90 Å². The maximum absolute atomic E-state index is 12.0. The molecule has 0 bridgehead atoms. The van der Waals surface area contributed by atoms with E-state index in [2.05, 4.69) is 33.9 Å². The van der Waals surface area contributed by atoms with Crippen LogP contribution in [0.3, 0.4) is 0 Å². The number of rotatable bonds is 5. The van der Waals surface area contributed by atoms with E-state index in [1.54, 1.807) is 7.05 Å². The molecule has 5 nitrogen and oxygen atoms in total. The van der Waals surface area contributed by atoms with Crippen LogP contribution in [-0.2, 0) is 9.16 Å². The number of aliphatic hydroxyl groups is 1. The zero-order chi connectivity index (χ0) is 17.1. The minimum Gasteiger partial charge on any atom is -0.444 e. The first-order chi connectivity index (χ1) is 9.21. The molecule has 0 aromatic carbocycles. The van der Waals surface area contributed by atoms with Crippen molar-refractivity contribution in [1.29, 1.82) is 0 Å². The molecule has 126 valence electrons. The third-order valence-electron chi connectivity index (χ3n) is 3.88. The SMILES string of the molecule is CN(C(=O)OC(C)(C)C)[C@@H](CO)CO[Si](C)(C)C(C)(C)C. The van der Waals surface area contributed by atoms with Gasteiger partial charge >= 0.3 is 6.09 Å². The molecule has 0 spiro atoms. The molecule has 0 saturated heterocycles. The molecule has 0 heterocycles. The lowest BCUT2D eigenvalue weighted by Crippen LogP contribution is -2.49. The van der Waals surface area contributed by atoms with Gasteiger partial charge in [0.2, 0.25) is 0 Å². The van der Waals surface area contributed by atoms with Crippen molar-refractivity contribution in [2.75, 3.05) is 20.3 Å². The summed E-state index contributed by atoms with van der Waals surface area (Å²) in [7, 11) is -0.272. The number of hydrogen-bond acceptors (Lipinski definition) is 4. The van der Waals surface area contributed by atoms with Gasteiger partial charge in [-0.2, -0.15) is 0 Å². The summed E-state index contributed by atoms with van der Waals surface area (Å²) in [5.74, 6) is 0. The van der Waals surface area contributed by atoms with E-state index >= 15 is 0 Å². The van der Waals surface area contributed by atoms with Crippen molar-refractivity contribution < 1.29 is 19.1 Å². The van der Waals surface area contributed by atoms with E-state index in [9.17, 15) is 9.90 Å². The number of ether oxygens (including phenoxy) is 1. The van der Waals surface area contributed by atoms with Crippen LogP contribution in [0.15, 0.2) is 0 Å². The van der Waals surface area contributed by atoms with Crippen molar-refractivity contribution >= 4 is 14.4 Å². The summed E-state index contributed by atoms with van der Waals surface area (Å²) in [6, 6.07) is -0.394. The van der Waals surface area contributed by atoms with E-state index in [4.69, 9.17) is 9.16 Å². The molecule has 1 N–H and O–H groups in total. The number of amides is 1. The molecule has 0 fully saturated rings. The Bertz CT molecular complexity index is 345. The van der Waals surface area contributed by atoms with Crippen LogP contribution in [0.2, 0.25) is 18.1 Å². The zero-order valence-electron chi connectivity index (χ0n) is 15.1. The Morgan fingerprint density at radius 1 is 1.19 bits per heavy atom. The second kappa shape index (κ2) is 7.11. The van der Waals surface area contributed by atoms with Crippen LogP contribution >= 0.6 is 0 Å². The van der Waals surface area contributed by atoms with E-state index in [0.29, 0.717) is 6.61 Å². The lowest BCUT2D eigenvalue weighted by Gasteiger charge is -2.38. The Labute approximate surface area is 130 Å². The van der Waals surface area contributed by atoms with Crippen LogP contribution in [-0.4, -0.2) is 56.3 Å². The number of likely N-dealkylation sites (N-methyl/N-ethyl adjacent to an activating group) is 1. The second-order valence-electron chi connectivity index (χ2n) is 8.00. The summed E-state index contributed by atoms with van der Waals surface area (Å²) in [4.78, 5) is 13.4. The number of nitrogens with zero attached hydrogens (tertiary/aromatic N) is 1. The zero-order valence-corrected chi connectivity index (χ0v) is 16.1. The standard InChI is InChI=1S/C15H33NO4Si/c1-14(2,3)20-13(18)16(7)12(10-17)11-19-21(8,9)15(4,5)6/h12,17H,10-11H2,1-9H3/t12-/m0/s1. The predicted molar refractivity (Wildman–Crippen MR) is 88.0 cm³/mol. The van der Waals surface area contributed by atoms with Crippen LogP contribution < -0.4 is 0 Å². The fourth-order valence-corrected chi connectivity index (χ4v) is 2.33. The number of aliphatic hydroxyl groups excluding tert-OH is 1. The van der Waals surface area contributed by atoms with Gasteiger partial charge in [-0.25, -0.2) is 4.79 Å². The van der Waals surface area contributed by atoms with Gasteiger partial charge in [-0.15, -0.1) is 0 Å². The number of carbonyl (C=O) groups is 1. The van der Waals surface area contributed by atoms with Gasteiger partial charge in [0.25, 0.3) is 0 Å². The van der Waals surface area contributed by atoms with Gasteiger partial charge in [0.15, 0.2) is 8.32 Å². The molecule has 1 amide bonds. The first-order valence-corrected chi connectivity index (χ1v) is 10.3. The first kappa shape index (κ1) is 20.4. The Morgan fingerprint density at radius 2 is 1.67 bits per heavy atom. The fourth-order valence-electron chi connectivity index (χ4n) is 1.29. The van der Waals surface area contributed by atoms with Gasteiger partial charge in [-0.1, -0.05) is 20.8 Å². The molecule has 0 radical (unpaired) electrons. The largest absolute Gasteiger partial charge is 0.444 e. The summed E-state index contributed by atoms with van der Waals surface area (Å²) in [5, 5.41) is 9.62. The van der Waals surface area contributed by atoms with Gasteiger partial charge in [0.1, 0.15) is 5.60 Å². The third-order valence-corrected chi connectivity index (χ3v) is 8.38. The minimum absolute atomic E-state index is 0.0947. The Morgan fingerprint density at radius 3 is 2.00 bits per heavy atom. The highest BCUT2D eigenvalue weighted by atomic mass is 28.4. The maximum Gasteiger partial charge on any atom is 0.410 e. The molecule has 0 aliphatic rings. The first-order valence-electron chi connectivity index (χ1n) is 7.42. The molecule has 6 heteroatoms. The van der Waals surface area contributed by atoms with Crippen LogP contribution in [0.1, 0.15) is 41.5 Å². The highest BCUT2D eigenvalue weighted by Crippen LogP contribution is 2.36. The molecule has 0 aromatic rings. The van der Waals surface area contributed by atoms with Crippen molar-refractivity contribution in [2.24, 2.45) is 0 Å². The molecular formula is C15H33NO4Si. The van der Waals surface area contributed by atoms with Gasteiger partial charge in [0, 0.05) is 7.05 Å². The minimum atomic E-state index is -1.90. The maximum atomic E-state index is 12.0. The summed E-state index contributed by atoms with van der Waals surface area (Å²) < 4.78 is 11.4. The smallest absolute Gasteiger partial charge is 0.410 e. The number of hydrogen-bond donors (Lipinski definition) is 1. The van der Waals surface area contributed by atoms with Gasteiger partial charge in [-0.3, -0.25) is 0 Å². The molecule has 0 unspecified atom stereocenters. The van der Waals surface area contributed by atoms with Crippen molar-refractivity contribution in [3.8, 4) is 0 Å². The van der Waals surface area contributed by atoms with Crippen LogP contribution in [0.4, 0.5) is 4.79 Å². The van der Waals surface area contributed by atoms with Crippen molar-refractivity contribution in [3.05, 3.63) is 0 Å². The molecule has 1 atom stereocenters. The summed E-state index contributed by atoms with van der Waals surface area (Å²) in [6.07, 6.45) is -0.444. The van der Waals surface area contributed by atoms with Crippen molar-refractivity contribution in [2.45, 2.75) is 71.3 Å². The van der Waals surface area contributed by atoms with E-state index < -0.39 is 26.1 Å². The molecule has 21 heavy (non-hydrogen) atoms. The summed E-state index contributed by atoms with van der Waals surface area (Å²) in [6.45, 7) is 16.4. The average molecular weight is 320 g/mol. The normalized spacial score (nSPS) is 14.8. The molecular weight excluding hydrogens is 286 g/mol. The van der Waals surface area contributed by atoms with Gasteiger partial charge in [-0.05, 0) is 38.9 Å². The highest BCUT2D eigenvalue weighted by molar-refractivity contribution is 6.74. The Hall–Kier alpha value is -0.593. The topological polar surface area (TPSA) is 59.0 Å². The van der Waals surface area contributed by atoms with Crippen LogP contribution in [0.5, 0.6) is 0 Å². The lowest BCUT2D eigenvalue weighted by molar-refractivity contribution is 0.00906. The monoisotopic (exact) mass is 319 g/mol. The average Bonchev–Trinajstić information content (AvgIpc) is 2.25. The molecule has 0 rings (SSSR count). The summed E-state index contributed by atoms with van der Waals surface area (Å²) in [5.41, 5.74) is -0.550. The van der Waals surface area contributed by atoms with E-state index in [0.717, 1.165) is 0 Å². The molecule has 0 aromatic heterocycles.